The molecule has 0 saturated heterocycles. The highest BCUT2D eigenvalue weighted by atomic mass is 15.1. The van der Waals surface area contributed by atoms with E-state index >= 15 is 0 Å². The molecule has 23 heavy (non-hydrogen) atoms. The molecule has 0 radical (unpaired) electrons. The molecule has 114 valence electrons. The zero-order chi connectivity index (χ0) is 15.6. The Labute approximate surface area is 137 Å². The summed E-state index contributed by atoms with van der Waals surface area (Å²) in [5, 5.41) is 0. The van der Waals surface area contributed by atoms with Crippen LogP contribution in [-0.2, 0) is 6.54 Å². The molecule has 1 aromatic heterocycles. The van der Waals surface area contributed by atoms with Crippen LogP contribution < -0.4 is 0 Å². The predicted octanol–water partition coefficient (Wildman–Crippen LogP) is 4.33. The average Bonchev–Trinajstić information content (AvgIpc) is 2.62. The summed E-state index contributed by atoms with van der Waals surface area (Å²) >= 11 is 0. The Morgan fingerprint density at radius 1 is 0.957 bits per heavy atom. The van der Waals surface area contributed by atoms with Gasteiger partial charge in [-0.2, -0.15) is 0 Å². The number of pyridine rings is 1. The highest BCUT2D eigenvalue weighted by molar-refractivity contribution is 5.62. The second kappa shape index (κ2) is 5.98. The first-order chi connectivity index (χ1) is 11.3. The molecule has 4 rings (SSSR count). The lowest BCUT2D eigenvalue weighted by molar-refractivity contribution is 0.295. The maximum Gasteiger partial charge on any atom is 0.0702 e. The van der Waals surface area contributed by atoms with Gasteiger partial charge in [0.05, 0.1) is 5.69 Å². The second-order valence-electron chi connectivity index (χ2n) is 6.29. The van der Waals surface area contributed by atoms with Crippen LogP contribution in [0.2, 0.25) is 0 Å². The van der Waals surface area contributed by atoms with Crippen LogP contribution in [0, 0.1) is 0 Å². The SMILES string of the molecule is CN1Cc2cc(-c3ccccn3)ccc2C(c2ccccc2)C1. The number of nitrogens with zero attached hydrogens (tertiary/aromatic N) is 2. The molecule has 1 atom stereocenters. The lowest BCUT2D eigenvalue weighted by Gasteiger charge is -2.33. The van der Waals surface area contributed by atoms with E-state index in [1.165, 1.54) is 22.3 Å². The van der Waals surface area contributed by atoms with Gasteiger partial charge < -0.3 is 4.90 Å². The smallest absolute Gasteiger partial charge is 0.0702 e. The van der Waals surface area contributed by atoms with Gasteiger partial charge in [0.2, 0.25) is 0 Å². The molecule has 0 aliphatic carbocycles. The van der Waals surface area contributed by atoms with Gasteiger partial charge in [0, 0.05) is 30.8 Å². The molecule has 0 N–H and O–H groups in total. The van der Waals surface area contributed by atoms with Gasteiger partial charge in [-0.1, -0.05) is 48.5 Å². The van der Waals surface area contributed by atoms with Crippen LogP contribution in [0.15, 0.2) is 72.9 Å². The van der Waals surface area contributed by atoms with Crippen LogP contribution in [0.3, 0.4) is 0 Å². The molecule has 0 amide bonds. The Kier molecular flexibility index (Phi) is 3.68. The van der Waals surface area contributed by atoms with Gasteiger partial charge in [0.25, 0.3) is 0 Å². The zero-order valence-electron chi connectivity index (χ0n) is 13.3. The number of benzene rings is 2. The molecule has 2 nitrogen and oxygen atoms in total. The fraction of sp³-hybridized carbons (Fsp3) is 0.190. The van der Waals surface area contributed by atoms with E-state index in [0.717, 1.165) is 18.8 Å². The van der Waals surface area contributed by atoms with Gasteiger partial charge in [0.15, 0.2) is 0 Å². The quantitative estimate of drug-likeness (QED) is 0.700. The topological polar surface area (TPSA) is 16.1 Å². The molecule has 0 fully saturated rings. The molecule has 1 aliphatic heterocycles. The van der Waals surface area contributed by atoms with Crippen molar-refractivity contribution in [3.05, 3.63) is 89.6 Å². The van der Waals surface area contributed by atoms with E-state index < -0.39 is 0 Å². The van der Waals surface area contributed by atoms with E-state index in [0.29, 0.717) is 5.92 Å². The van der Waals surface area contributed by atoms with Crippen molar-refractivity contribution in [1.29, 1.82) is 0 Å². The number of rotatable bonds is 2. The number of aromatic nitrogens is 1. The number of hydrogen-bond acceptors (Lipinski definition) is 2. The van der Waals surface area contributed by atoms with Crippen LogP contribution in [0.5, 0.6) is 0 Å². The molecule has 3 aromatic rings. The Balaban J connectivity index is 1.77. The van der Waals surface area contributed by atoms with E-state index in [1.54, 1.807) is 0 Å². The van der Waals surface area contributed by atoms with Crippen molar-refractivity contribution in [2.24, 2.45) is 0 Å². The van der Waals surface area contributed by atoms with Crippen LogP contribution in [0.25, 0.3) is 11.3 Å². The minimum Gasteiger partial charge on any atom is -0.301 e. The first kappa shape index (κ1) is 14.2. The molecule has 1 aliphatic rings. The van der Waals surface area contributed by atoms with E-state index in [2.05, 4.69) is 71.5 Å². The van der Waals surface area contributed by atoms with Crippen molar-refractivity contribution in [2.45, 2.75) is 12.5 Å². The van der Waals surface area contributed by atoms with Gasteiger partial charge in [-0.15, -0.1) is 0 Å². The van der Waals surface area contributed by atoms with Crippen molar-refractivity contribution in [3.63, 3.8) is 0 Å². The van der Waals surface area contributed by atoms with E-state index in [-0.39, 0.29) is 0 Å². The summed E-state index contributed by atoms with van der Waals surface area (Å²) in [6.45, 7) is 2.07. The summed E-state index contributed by atoms with van der Waals surface area (Å²) in [6, 6.07) is 23.7. The lowest BCUT2D eigenvalue weighted by Crippen LogP contribution is -2.30. The maximum absolute atomic E-state index is 4.48. The third kappa shape index (κ3) is 2.78. The molecule has 2 heterocycles. The summed E-state index contributed by atoms with van der Waals surface area (Å²) in [4.78, 5) is 6.89. The molecule has 0 bridgehead atoms. The highest BCUT2D eigenvalue weighted by Crippen LogP contribution is 2.34. The maximum atomic E-state index is 4.48. The fourth-order valence-corrected chi connectivity index (χ4v) is 3.51. The minimum absolute atomic E-state index is 0.447. The van der Waals surface area contributed by atoms with Crippen LogP contribution in [-0.4, -0.2) is 23.5 Å². The number of hydrogen-bond donors (Lipinski definition) is 0. The minimum atomic E-state index is 0.447. The zero-order valence-corrected chi connectivity index (χ0v) is 13.3. The van der Waals surface area contributed by atoms with Gasteiger partial charge in [-0.25, -0.2) is 0 Å². The second-order valence-corrected chi connectivity index (χ2v) is 6.29. The molecule has 2 heteroatoms. The molecular weight excluding hydrogens is 280 g/mol. The predicted molar refractivity (Wildman–Crippen MR) is 94.3 cm³/mol. The van der Waals surface area contributed by atoms with Gasteiger partial charge in [0.1, 0.15) is 0 Å². The van der Waals surface area contributed by atoms with Crippen LogP contribution >= 0.6 is 0 Å². The number of fused-ring (bicyclic) bond motifs is 1. The Hall–Kier alpha value is -2.45. The molecule has 2 aromatic carbocycles. The first-order valence-electron chi connectivity index (χ1n) is 8.09. The summed E-state index contributed by atoms with van der Waals surface area (Å²) in [5.74, 6) is 0.447. The lowest BCUT2D eigenvalue weighted by atomic mass is 9.84. The molecule has 1 unspecified atom stereocenters. The van der Waals surface area contributed by atoms with Crippen molar-refractivity contribution >= 4 is 0 Å². The van der Waals surface area contributed by atoms with Gasteiger partial charge in [-0.05, 0) is 41.9 Å². The number of likely N-dealkylation sites (N-methyl/N-ethyl adjacent to an activating group) is 1. The highest BCUT2D eigenvalue weighted by Gasteiger charge is 2.24. The summed E-state index contributed by atoms with van der Waals surface area (Å²) in [7, 11) is 2.20. The van der Waals surface area contributed by atoms with Crippen molar-refractivity contribution in [2.75, 3.05) is 13.6 Å². The summed E-state index contributed by atoms with van der Waals surface area (Å²) < 4.78 is 0. The monoisotopic (exact) mass is 300 g/mol. The van der Waals surface area contributed by atoms with Crippen molar-refractivity contribution < 1.29 is 0 Å². The van der Waals surface area contributed by atoms with E-state index in [1.807, 2.05) is 18.3 Å². The largest absolute Gasteiger partial charge is 0.301 e. The summed E-state index contributed by atoms with van der Waals surface area (Å²) in [6.07, 6.45) is 1.85. The third-order valence-electron chi connectivity index (χ3n) is 4.62. The molecular formula is C21H20N2. The Bertz CT molecular complexity index is 797. The van der Waals surface area contributed by atoms with Crippen LogP contribution in [0.1, 0.15) is 22.6 Å². The van der Waals surface area contributed by atoms with E-state index in [4.69, 9.17) is 0 Å². The van der Waals surface area contributed by atoms with Gasteiger partial charge in [-0.3, -0.25) is 4.98 Å². The first-order valence-corrected chi connectivity index (χ1v) is 8.09. The van der Waals surface area contributed by atoms with Crippen LogP contribution in [0.4, 0.5) is 0 Å². The van der Waals surface area contributed by atoms with Gasteiger partial charge >= 0.3 is 0 Å². The summed E-state index contributed by atoms with van der Waals surface area (Å²) in [5.41, 5.74) is 6.50. The normalized spacial score (nSPS) is 17.7. The Morgan fingerprint density at radius 3 is 2.57 bits per heavy atom. The fourth-order valence-electron chi connectivity index (χ4n) is 3.51. The molecule has 0 saturated carbocycles. The average molecular weight is 300 g/mol. The van der Waals surface area contributed by atoms with E-state index in [9.17, 15) is 0 Å². The van der Waals surface area contributed by atoms with Crippen molar-refractivity contribution in [1.82, 2.24) is 9.88 Å². The third-order valence-corrected chi connectivity index (χ3v) is 4.62. The standard InChI is InChI=1S/C21H20N2/c1-23-14-18-13-17(21-9-5-6-12-22-21)10-11-19(18)20(15-23)16-7-3-2-4-8-16/h2-13,20H,14-15H2,1H3. The van der Waals surface area contributed by atoms with Crippen molar-refractivity contribution in [3.8, 4) is 11.3 Å². The Morgan fingerprint density at radius 2 is 1.78 bits per heavy atom. The molecule has 0 spiro atoms.